The number of hydrogen-bond donors (Lipinski definition) is 1. The lowest BCUT2D eigenvalue weighted by atomic mass is 10.1. The van der Waals surface area contributed by atoms with Crippen molar-refractivity contribution in [3.8, 4) is 0 Å². The number of aromatic nitrogens is 1. The monoisotopic (exact) mass is 449 g/mol. The second-order valence-electron chi connectivity index (χ2n) is 7.02. The van der Waals surface area contributed by atoms with Gasteiger partial charge in [0.1, 0.15) is 4.90 Å². The Morgan fingerprint density at radius 1 is 1.20 bits per heavy atom. The quantitative estimate of drug-likeness (QED) is 0.624. The van der Waals surface area contributed by atoms with Crippen LogP contribution >= 0.6 is 11.8 Å². The molecule has 1 N–H and O–H groups in total. The Bertz CT molecular complexity index is 941. The third-order valence-corrected chi connectivity index (χ3v) is 7.76. The molecule has 1 fully saturated rings. The number of hydrogen-bond acceptors (Lipinski definition) is 6. The average Bonchev–Trinajstić information content (AvgIpc) is 2.78. The molecule has 7 nitrogen and oxygen atoms in total. The summed E-state index contributed by atoms with van der Waals surface area (Å²) in [5, 5.41) is 3.58. The molecule has 0 aliphatic carbocycles. The molecular formula is C21H27N3O4S2. The number of benzene rings is 1. The van der Waals surface area contributed by atoms with Crippen molar-refractivity contribution in [3.63, 3.8) is 0 Å². The van der Waals surface area contributed by atoms with Crippen molar-refractivity contribution >= 4 is 27.7 Å². The van der Waals surface area contributed by atoms with Crippen molar-refractivity contribution in [2.75, 3.05) is 32.1 Å². The summed E-state index contributed by atoms with van der Waals surface area (Å²) >= 11 is 1.28. The highest BCUT2D eigenvalue weighted by atomic mass is 32.2. The first-order chi connectivity index (χ1) is 14.4. The predicted molar refractivity (Wildman–Crippen MR) is 117 cm³/mol. The Kier molecular flexibility index (Phi) is 7.87. The van der Waals surface area contributed by atoms with Crippen LogP contribution in [-0.2, 0) is 26.0 Å². The lowest BCUT2D eigenvalue weighted by Crippen LogP contribution is -2.40. The largest absolute Gasteiger partial charge is 0.379 e. The van der Waals surface area contributed by atoms with E-state index in [4.69, 9.17) is 4.74 Å². The van der Waals surface area contributed by atoms with Crippen molar-refractivity contribution in [3.05, 3.63) is 53.7 Å². The molecular weight excluding hydrogens is 422 g/mol. The van der Waals surface area contributed by atoms with Gasteiger partial charge >= 0.3 is 0 Å². The second kappa shape index (κ2) is 10.4. The molecule has 3 rings (SSSR count). The fraction of sp³-hybridized carbons (Fsp3) is 0.429. The van der Waals surface area contributed by atoms with Crippen LogP contribution in [0.5, 0.6) is 0 Å². The van der Waals surface area contributed by atoms with Crippen molar-refractivity contribution in [1.82, 2.24) is 14.6 Å². The van der Waals surface area contributed by atoms with Gasteiger partial charge < -0.3 is 10.1 Å². The van der Waals surface area contributed by atoms with Crippen LogP contribution in [0.15, 0.2) is 52.5 Å². The summed E-state index contributed by atoms with van der Waals surface area (Å²) in [6.45, 7) is 5.55. The Hall–Kier alpha value is -1.94. The molecule has 1 aliphatic rings. The van der Waals surface area contributed by atoms with E-state index in [1.54, 1.807) is 6.07 Å². The number of nitrogens with zero attached hydrogens (tertiary/aromatic N) is 2. The molecule has 0 saturated carbocycles. The Labute approximate surface area is 182 Å². The number of carbonyl (C=O) groups excluding carboxylic acids is 1. The van der Waals surface area contributed by atoms with E-state index in [2.05, 4.69) is 29.4 Å². The van der Waals surface area contributed by atoms with E-state index in [-0.39, 0.29) is 22.6 Å². The molecule has 2 heterocycles. The highest BCUT2D eigenvalue weighted by Crippen LogP contribution is 2.21. The van der Waals surface area contributed by atoms with Gasteiger partial charge in [0.15, 0.2) is 0 Å². The molecule has 1 saturated heterocycles. The number of nitrogens with one attached hydrogen (secondary N) is 1. The number of carbonyl (C=O) groups is 1. The SMILES string of the molecule is CCc1ccc(C(C)NC(=O)CSc2ccc(S(=O)(=O)N3CCOCC3)cn2)cc1. The molecule has 1 aliphatic heterocycles. The van der Waals surface area contributed by atoms with E-state index >= 15 is 0 Å². The number of rotatable bonds is 8. The maximum absolute atomic E-state index is 12.6. The van der Waals surface area contributed by atoms with Gasteiger partial charge in [-0.1, -0.05) is 43.0 Å². The third kappa shape index (κ3) is 5.81. The zero-order valence-corrected chi connectivity index (χ0v) is 18.8. The molecule has 30 heavy (non-hydrogen) atoms. The highest BCUT2D eigenvalue weighted by Gasteiger charge is 2.26. The van der Waals surface area contributed by atoms with Gasteiger partial charge in [0, 0.05) is 19.3 Å². The number of ether oxygens (including phenoxy) is 1. The predicted octanol–water partition coefficient (Wildman–Crippen LogP) is 2.63. The first-order valence-corrected chi connectivity index (χ1v) is 12.4. The normalized spacial score (nSPS) is 16.2. The molecule has 2 aromatic rings. The van der Waals surface area contributed by atoms with E-state index in [9.17, 15) is 13.2 Å². The van der Waals surface area contributed by atoms with Gasteiger partial charge in [-0.3, -0.25) is 4.79 Å². The molecule has 1 amide bonds. The molecule has 1 aromatic carbocycles. The van der Waals surface area contributed by atoms with Crippen molar-refractivity contribution < 1.29 is 17.9 Å². The minimum Gasteiger partial charge on any atom is -0.379 e. The van der Waals surface area contributed by atoms with Gasteiger partial charge in [0.05, 0.1) is 30.0 Å². The van der Waals surface area contributed by atoms with Crippen LogP contribution in [0.25, 0.3) is 0 Å². The van der Waals surface area contributed by atoms with Crippen LogP contribution in [0.3, 0.4) is 0 Å². The van der Waals surface area contributed by atoms with Crippen LogP contribution < -0.4 is 5.32 Å². The molecule has 1 atom stereocenters. The van der Waals surface area contributed by atoms with E-state index in [1.807, 2.05) is 19.1 Å². The van der Waals surface area contributed by atoms with E-state index in [0.29, 0.717) is 31.3 Å². The summed E-state index contributed by atoms with van der Waals surface area (Å²) < 4.78 is 31.9. The fourth-order valence-corrected chi connectivity index (χ4v) is 5.10. The number of pyridine rings is 1. The van der Waals surface area contributed by atoms with Crippen molar-refractivity contribution in [1.29, 1.82) is 0 Å². The van der Waals surface area contributed by atoms with Crippen LogP contribution in [0, 0.1) is 0 Å². The van der Waals surface area contributed by atoms with Gasteiger partial charge in [-0.15, -0.1) is 0 Å². The number of morpholine rings is 1. The molecule has 0 bridgehead atoms. The zero-order chi connectivity index (χ0) is 21.6. The Morgan fingerprint density at radius 3 is 2.50 bits per heavy atom. The van der Waals surface area contributed by atoms with Crippen molar-refractivity contribution in [2.45, 2.75) is 36.2 Å². The highest BCUT2D eigenvalue weighted by molar-refractivity contribution is 7.99. The second-order valence-corrected chi connectivity index (χ2v) is 9.96. The first kappa shape index (κ1) is 22.7. The zero-order valence-electron chi connectivity index (χ0n) is 17.2. The van der Waals surface area contributed by atoms with Crippen LogP contribution in [0.2, 0.25) is 0 Å². The van der Waals surface area contributed by atoms with Gasteiger partial charge in [-0.05, 0) is 36.6 Å². The smallest absolute Gasteiger partial charge is 0.244 e. The number of sulfonamides is 1. The summed E-state index contributed by atoms with van der Waals surface area (Å²) in [6, 6.07) is 11.3. The Morgan fingerprint density at radius 2 is 1.90 bits per heavy atom. The molecule has 1 unspecified atom stereocenters. The molecule has 9 heteroatoms. The first-order valence-electron chi connectivity index (χ1n) is 9.95. The number of amides is 1. The van der Waals surface area contributed by atoms with Gasteiger partial charge in [0.2, 0.25) is 15.9 Å². The minimum atomic E-state index is -3.56. The van der Waals surface area contributed by atoms with E-state index in [1.165, 1.54) is 33.9 Å². The van der Waals surface area contributed by atoms with Gasteiger partial charge in [-0.2, -0.15) is 4.31 Å². The maximum Gasteiger partial charge on any atom is 0.244 e. The van der Waals surface area contributed by atoms with Crippen LogP contribution in [0.1, 0.15) is 31.0 Å². The molecule has 162 valence electrons. The van der Waals surface area contributed by atoms with Gasteiger partial charge in [0.25, 0.3) is 0 Å². The average molecular weight is 450 g/mol. The van der Waals surface area contributed by atoms with Crippen LogP contribution in [-0.4, -0.2) is 55.7 Å². The standard InChI is InChI=1S/C21H27N3O4S2/c1-3-17-4-6-18(7-5-17)16(2)23-20(25)15-29-21-9-8-19(14-22-21)30(26,27)24-10-12-28-13-11-24/h4-9,14,16H,3,10-13,15H2,1-2H3,(H,23,25). The summed E-state index contributed by atoms with van der Waals surface area (Å²) in [7, 11) is -3.56. The van der Waals surface area contributed by atoms with Gasteiger partial charge in [-0.25, -0.2) is 13.4 Å². The van der Waals surface area contributed by atoms with E-state index in [0.717, 1.165) is 12.0 Å². The van der Waals surface area contributed by atoms with E-state index < -0.39 is 10.0 Å². The third-order valence-electron chi connectivity index (χ3n) is 4.93. The molecule has 0 radical (unpaired) electrons. The minimum absolute atomic E-state index is 0.0852. The topological polar surface area (TPSA) is 88.6 Å². The lowest BCUT2D eigenvalue weighted by Gasteiger charge is -2.25. The Balaban J connectivity index is 1.52. The summed E-state index contributed by atoms with van der Waals surface area (Å²) in [5.41, 5.74) is 2.32. The summed E-state index contributed by atoms with van der Waals surface area (Å²) in [5.74, 6) is 0.110. The summed E-state index contributed by atoms with van der Waals surface area (Å²) in [6.07, 6.45) is 2.33. The molecule has 0 spiro atoms. The van der Waals surface area contributed by atoms with Crippen molar-refractivity contribution in [2.24, 2.45) is 0 Å². The lowest BCUT2D eigenvalue weighted by molar-refractivity contribution is -0.119. The van der Waals surface area contributed by atoms with Crippen LogP contribution in [0.4, 0.5) is 0 Å². The fourth-order valence-electron chi connectivity index (χ4n) is 3.09. The number of thioether (sulfide) groups is 1. The summed E-state index contributed by atoms with van der Waals surface area (Å²) in [4.78, 5) is 16.7. The molecule has 1 aromatic heterocycles. The number of aryl methyl sites for hydroxylation is 1. The maximum atomic E-state index is 12.6.